The van der Waals surface area contributed by atoms with Gasteiger partial charge in [0.05, 0.1) is 18.1 Å². The van der Waals surface area contributed by atoms with E-state index in [-0.39, 0.29) is 6.10 Å². The zero-order valence-corrected chi connectivity index (χ0v) is 11.7. The largest absolute Gasteiger partial charge is 0.493 e. The molecule has 1 aromatic carbocycles. The molecule has 2 aliphatic rings. The number of aliphatic carboxylic acids is 1. The van der Waals surface area contributed by atoms with Crippen molar-refractivity contribution >= 4 is 5.97 Å². The van der Waals surface area contributed by atoms with Crippen molar-refractivity contribution < 1.29 is 19.4 Å². The van der Waals surface area contributed by atoms with Gasteiger partial charge in [-0.15, -0.1) is 0 Å². The number of fused-ring (bicyclic) bond motifs is 1. The minimum Gasteiger partial charge on any atom is -0.493 e. The molecule has 2 heterocycles. The highest BCUT2D eigenvalue weighted by atomic mass is 16.5. The highest BCUT2D eigenvalue weighted by molar-refractivity contribution is 5.75. The maximum atomic E-state index is 11.6. The summed E-state index contributed by atoms with van der Waals surface area (Å²) in [4.78, 5) is 11.6. The van der Waals surface area contributed by atoms with Crippen LogP contribution in [0, 0.1) is 5.41 Å². The summed E-state index contributed by atoms with van der Waals surface area (Å²) in [6, 6.07) is 6.19. The summed E-state index contributed by atoms with van der Waals surface area (Å²) < 4.78 is 11.0. The molecule has 1 saturated heterocycles. The van der Waals surface area contributed by atoms with Crippen LogP contribution in [0.25, 0.3) is 0 Å². The first-order valence-corrected chi connectivity index (χ1v) is 7.21. The van der Waals surface area contributed by atoms with Crippen molar-refractivity contribution in [2.24, 2.45) is 5.41 Å². The highest BCUT2D eigenvalue weighted by Crippen LogP contribution is 2.40. The fourth-order valence-corrected chi connectivity index (χ4v) is 3.26. The van der Waals surface area contributed by atoms with Gasteiger partial charge in [0.25, 0.3) is 0 Å². The molecule has 2 atom stereocenters. The monoisotopic (exact) mass is 276 g/mol. The van der Waals surface area contributed by atoms with E-state index in [0.717, 1.165) is 25.2 Å². The van der Waals surface area contributed by atoms with Crippen molar-refractivity contribution in [3.63, 3.8) is 0 Å². The summed E-state index contributed by atoms with van der Waals surface area (Å²) in [5.74, 6) is 0.242. The molecule has 108 valence electrons. The van der Waals surface area contributed by atoms with Gasteiger partial charge < -0.3 is 14.6 Å². The first-order valence-electron chi connectivity index (χ1n) is 7.21. The molecule has 2 aliphatic heterocycles. The Morgan fingerprint density at radius 2 is 2.30 bits per heavy atom. The number of carbonyl (C=O) groups is 1. The Hall–Kier alpha value is -1.55. The van der Waals surface area contributed by atoms with Crippen LogP contribution in [0.2, 0.25) is 0 Å². The third kappa shape index (κ3) is 2.18. The lowest BCUT2D eigenvalue weighted by atomic mass is 9.77. The lowest BCUT2D eigenvalue weighted by molar-refractivity contribution is -0.152. The van der Waals surface area contributed by atoms with E-state index in [1.807, 2.05) is 19.1 Å². The van der Waals surface area contributed by atoms with Crippen molar-refractivity contribution in [3.05, 3.63) is 29.3 Å². The highest BCUT2D eigenvalue weighted by Gasteiger charge is 2.47. The lowest BCUT2D eigenvalue weighted by Gasteiger charge is -2.27. The summed E-state index contributed by atoms with van der Waals surface area (Å²) in [7, 11) is 0. The van der Waals surface area contributed by atoms with E-state index in [0.29, 0.717) is 19.4 Å². The van der Waals surface area contributed by atoms with E-state index < -0.39 is 11.4 Å². The van der Waals surface area contributed by atoms with Crippen LogP contribution < -0.4 is 4.74 Å². The third-order valence-corrected chi connectivity index (χ3v) is 4.73. The molecule has 2 unspecified atom stereocenters. The van der Waals surface area contributed by atoms with Crippen molar-refractivity contribution in [3.8, 4) is 5.75 Å². The topological polar surface area (TPSA) is 55.8 Å². The van der Waals surface area contributed by atoms with E-state index in [9.17, 15) is 9.90 Å². The second kappa shape index (κ2) is 5.09. The molecule has 0 amide bonds. The van der Waals surface area contributed by atoms with Gasteiger partial charge in [-0.1, -0.05) is 12.1 Å². The Balaban J connectivity index is 1.73. The van der Waals surface area contributed by atoms with Crippen LogP contribution in [0.4, 0.5) is 0 Å². The van der Waals surface area contributed by atoms with Gasteiger partial charge in [0.15, 0.2) is 0 Å². The molecule has 1 aromatic rings. The number of rotatable bonds is 4. The molecule has 3 rings (SSSR count). The average molecular weight is 276 g/mol. The summed E-state index contributed by atoms with van der Waals surface area (Å²) in [5, 5.41) is 9.57. The molecule has 1 N–H and O–H groups in total. The number of carboxylic acids is 1. The van der Waals surface area contributed by atoms with Crippen molar-refractivity contribution in [2.75, 3.05) is 13.2 Å². The van der Waals surface area contributed by atoms with E-state index >= 15 is 0 Å². The smallest absolute Gasteiger partial charge is 0.312 e. The number of hydrogen-bond acceptors (Lipinski definition) is 3. The number of ether oxygens (including phenoxy) is 2. The molecular formula is C16H20O4. The zero-order chi connectivity index (χ0) is 14.2. The van der Waals surface area contributed by atoms with Gasteiger partial charge >= 0.3 is 5.97 Å². The second-order valence-corrected chi connectivity index (χ2v) is 5.76. The van der Waals surface area contributed by atoms with Crippen LogP contribution >= 0.6 is 0 Å². The van der Waals surface area contributed by atoms with Gasteiger partial charge in [0.1, 0.15) is 5.75 Å². The Bertz CT molecular complexity index is 525. The third-order valence-electron chi connectivity index (χ3n) is 4.73. The molecule has 0 bridgehead atoms. The van der Waals surface area contributed by atoms with Crippen LogP contribution in [0.3, 0.4) is 0 Å². The Kier molecular flexibility index (Phi) is 3.42. The van der Waals surface area contributed by atoms with Gasteiger partial charge in [0, 0.05) is 13.0 Å². The number of benzene rings is 1. The second-order valence-electron chi connectivity index (χ2n) is 5.76. The van der Waals surface area contributed by atoms with Gasteiger partial charge in [-0.05, 0) is 43.4 Å². The van der Waals surface area contributed by atoms with E-state index in [2.05, 4.69) is 6.07 Å². The zero-order valence-electron chi connectivity index (χ0n) is 11.7. The Morgan fingerprint density at radius 1 is 1.45 bits per heavy atom. The maximum absolute atomic E-state index is 11.6. The summed E-state index contributed by atoms with van der Waals surface area (Å²) in [6.07, 6.45) is 2.75. The van der Waals surface area contributed by atoms with Gasteiger partial charge in [0.2, 0.25) is 0 Å². The average Bonchev–Trinajstić information content (AvgIpc) is 3.02. The van der Waals surface area contributed by atoms with Crippen molar-refractivity contribution in [1.29, 1.82) is 0 Å². The number of hydrogen-bond donors (Lipinski definition) is 1. The fraction of sp³-hybridized carbons (Fsp3) is 0.562. The van der Waals surface area contributed by atoms with Crippen LogP contribution in [-0.2, 0) is 22.4 Å². The predicted octanol–water partition coefficient (Wildman–Crippen LogP) is 2.43. The molecule has 0 saturated carbocycles. The lowest BCUT2D eigenvalue weighted by Crippen LogP contribution is -2.37. The Morgan fingerprint density at radius 3 is 3.00 bits per heavy atom. The minimum atomic E-state index is -0.730. The van der Waals surface area contributed by atoms with E-state index in [4.69, 9.17) is 9.47 Å². The van der Waals surface area contributed by atoms with Crippen molar-refractivity contribution in [2.45, 2.75) is 38.7 Å². The van der Waals surface area contributed by atoms with E-state index in [1.165, 1.54) is 11.1 Å². The summed E-state index contributed by atoms with van der Waals surface area (Å²) >= 11 is 0. The van der Waals surface area contributed by atoms with Gasteiger partial charge in [-0.25, -0.2) is 0 Å². The minimum absolute atomic E-state index is 0.210. The molecule has 0 aliphatic carbocycles. The fourth-order valence-electron chi connectivity index (χ4n) is 3.26. The molecule has 4 heteroatoms. The Labute approximate surface area is 118 Å². The maximum Gasteiger partial charge on any atom is 0.312 e. The first-order chi connectivity index (χ1) is 9.62. The first kappa shape index (κ1) is 13.4. The predicted molar refractivity (Wildman–Crippen MR) is 74.1 cm³/mol. The van der Waals surface area contributed by atoms with Gasteiger partial charge in [-0.3, -0.25) is 4.79 Å². The molecule has 4 nitrogen and oxygen atoms in total. The number of aryl methyl sites for hydroxylation is 1. The van der Waals surface area contributed by atoms with Crippen LogP contribution in [0.1, 0.15) is 30.9 Å². The quantitative estimate of drug-likeness (QED) is 0.917. The van der Waals surface area contributed by atoms with Crippen molar-refractivity contribution in [1.82, 2.24) is 0 Å². The van der Waals surface area contributed by atoms with Crippen LogP contribution in [0.15, 0.2) is 18.2 Å². The molecule has 20 heavy (non-hydrogen) atoms. The molecular weight excluding hydrogens is 256 g/mol. The van der Waals surface area contributed by atoms with Crippen LogP contribution in [-0.4, -0.2) is 30.4 Å². The van der Waals surface area contributed by atoms with Crippen LogP contribution in [0.5, 0.6) is 5.75 Å². The summed E-state index contributed by atoms with van der Waals surface area (Å²) in [6.45, 7) is 3.17. The molecule has 1 fully saturated rings. The summed E-state index contributed by atoms with van der Waals surface area (Å²) in [5.41, 5.74) is 1.70. The van der Waals surface area contributed by atoms with E-state index in [1.54, 1.807) is 0 Å². The SMILES string of the molecule is CC1OCCC1(CCc1ccc2c(c1)CCO2)C(=O)O. The molecule has 0 aromatic heterocycles. The van der Waals surface area contributed by atoms with Gasteiger partial charge in [-0.2, -0.15) is 0 Å². The standard InChI is InChI=1S/C16H20O4/c1-11-16(15(17)18,7-9-19-11)6-4-12-2-3-14-13(10-12)5-8-20-14/h2-3,10-11H,4-9H2,1H3,(H,17,18). The normalized spacial score (nSPS) is 28.1. The molecule has 0 radical (unpaired) electrons. The number of carboxylic acid groups (broad SMARTS) is 1. The molecule has 0 spiro atoms.